The molecule has 0 saturated carbocycles. The van der Waals surface area contributed by atoms with Gasteiger partial charge in [-0.15, -0.1) is 0 Å². The lowest BCUT2D eigenvalue weighted by Gasteiger charge is -1.97. The molecule has 5 nitrogen and oxygen atoms in total. The lowest BCUT2D eigenvalue weighted by atomic mass is 10.2. The van der Waals surface area contributed by atoms with Gasteiger partial charge in [0.2, 0.25) is 10.9 Å². The van der Waals surface area contributed by atoms with Gasteiger partial charge in [-0.3, -0.25) is 0 Å². The predicted molar refractivity (Wildman–Crippen MR) is 54.6 cm³/mol. The van der Waals surface area contributed by atoms with E-state index in [9.17, 15) is 13.2 Å². The van der Waals surface area contributed by atoms with Crippen molar-refractivity contribution >= 4 is 27.8 Å². The van der Waals surface area contributed by atoms with Crippen LogP contribution in [0.4, 0.5) is 0 Å². The molecule has 1 N–H and O–H groups in total. The summed E-state index contributed by atoms with van der Waals surface area (Å²) in [5, 5.41) is 9.42. The molecule has 0 spiro atoms. The number of carbonyl (C=O) groups is 1. The maximum Gasteiger partial charge on any atom is 0.353 e. The number of nitrogens with zero attached hydrogens (tertiary/aromatic N) is 1. The molecule has 78 valence electrons. The van der Waals surface area contributed by atoms with Crippen molar-refractivity contribution in [3.05, 3.63) is 36.0 Å². The lowest BCUT2D eigenvalue weighted by Crippen LogP contribution is -2.07. The second-order valence-corrected chi connectivity index (χ2v) is 3.82. The number of hydrogen-bond donors (Lipinski definition) is 2. The van der Waals surface area contributed by atoms with E-state index in [1.165, 1.54) is 6.07 Å². The third-order valence-electron chi connectivity index (χ3n) is 2.07. The summed E-state index contributed by atoms with van der Waals surface area (Å²) < 4.78 is 22.7. The van der Waals surface area contributed by atoms with Crippen LogP contribution in [0.5, 0.6) is 0 Å². The molecule has 0 aliphatic rings. The normalized spacial score (nSPS) is 11.0. The van der Waals surface area contributed by atoms with Crippen molar-refractivity contribution < 1.29 is 18.3 Å². The largest absolute Gasteiger partial charge is 0.477 e. The highest BCUT2D eigenvalue weighted by Crippen LogP contribution is 2.19. The van der Waals surface area contributed by atoms with Crippen LogP contribution in [0.2, 0.25) is 0 Å². The second-order valence-electron chi connectivity index (χ2n) is 2.94. The van der Waals surface area contributed by atoms with Crippen LogP contribution in [0.3, 0.4) is 0 Å². The molecule has 0 radical (unpaired) electrons. The van der Waals surface area contributed by atoms with E-state index in [1.807, 2.05) is 0 Å². The molecule has 0 bridgehead atoms. The van der Waals surface area contributed by atoms with E-state index < -0.39 is 16.9 Å². The van der Waals surface area contributed by atoms with Gasteiger partial charge in [0.1, 0.15) is 5.69 Å². The number of rotatable bonds is 2. The minimum Gasteiger partial charge on any atom is -0.477 e. The zero-order valence-electron chi connectivity index (χ0n) is 7.45. The summed E-state index contributed by atoms with van der Waals surface area (Å²) in [6, 6.07) is 7.94. The molecule has 1 aromatic carbocycles. The Kier molecular flexibility index (Phi) is 2.20. The Labute approximate surface area is 86.6 Å². The first-order chi connectivity index (χ1) is 7.11. The fraction of sp³-hybridized carbons (Fsp3) is 0. The van der Waals surface area contributed by atoms with Gasteiger partial charge in [-0.05, 0) is 12.1 Å². The average molecular weight is 225 g/mol. The second kappa shape index (κ2) is 3.39. The molecule has 0 unspecified atom stereocenters. The van der Waals surface area contributed by atoms with Gasteiger partial charge in [-0.1, -0.05) is 18.2 Å². The highest BCUT2D eigenvalue weighted by molar-refractivity contribution is 7.71. The first-order valence-corrected chi connectivity index (χ1v) is 5.23. The molecule has 2 aromatic rings. The molecular formula is C9H7NO4S. The summed E-state index contributed by atoms with van der Waals surface area (Å²) in [6.07, 6.45) is 0. The average Bonchev–Trinajstić information content (AvgIpc) is 2.56. The Bertz CT molecular complexity index is 604. The van der Waals surface area contributed by atoms with Crippen molar-refractivity contribution in [2.45, 2.75) is 0 Å². The Morgan fingerprint density at radius 2 is 1.93 bits per heavy atom. The van der Waals surface area contributed by atoms with Gasteiger partial charge in [-0.25, -0.2) is 17.2 Å². The van der Waals surface area contributed by atoms with E-state index in [0.717, 1.165) is 3.97 Å². The molecule has 6 heteroatoms. The van der Waals surface area contributed by atoms with Crippen LogP contribution >= 0.6 is 0 Å². The highest BCUT2D eigenvalue weighted by atomic mass is 32.2. The minimum atomic E-state index is -2.98. The first kappa shape index (κ1) is 9.72. The SMILES string of the molecule is O=C(O)c1cc2ccccc2n1[SH](=O)=O. The third-order valence-corrected chi connectivity index (χ3v) is 2.83. The van der Waals surface area contributed by atoms with Gasteiger partial charge in [0.05, 0.1) is 5.52 Å². The van der Waals surface area contributed by atoms with E-state index in [0.29, 0.717) is 10.9 Å². The molecule has 0 amide bonds. The quantitative estimate of drug-likeness (QED) is 0.738. The number of aromatic nitrogens is 1. The topological polar surface area (TPSA) is 76.4 Å². The van der Waals surface area contributed by atoms with Crippen LogP contribution in [-0.2, 0) is 10.9 Å². The molecule has 1 aromatic heterocycles. The van der Waals surface area contributed by atoms with Crippen LogP contribution in [-0.4, -0.2) is 23.5 Å². The predicted octanol–water partition coefficient (Wildman–Crippen LogP) is 0.714. The number of aromatic carboxylic acids is 1. The highest BCUT2D eigenvalue weighted by Gasteiger charge is 2.15. The molecule has 2 rings (SSSR count). The summed E-state index contributed by atoms with van der Waals surface area (Å²) in [6.45, 7) is 0. The Morgan fingerprint density at radius 1 is 1.27 bits per heavy atom. The molecule has 1 heterocycles. The zero-order chi connectivity index (χ0) is 11.0. The minimum absolute atomic E-state index is 0.243. The van der Waals surface area contributed by atoms with Gasteiger partial charge in [0.25, 0.3) is 0 Å². The fourth-order valence-corrected chi connectivity index (χ4v) is 2.15. The van der Waals surface area contributed by atoms with Crippen molar-refractivity contribution in [1.82, 2.24) is 3.97 Å². The Morgan fingerprint density at radius 3 is 2.53 bits per heavy atom. The van der Waals surface area contributed by atoms with Crippen molar-refractivity contribution in [3.8, 4) is 0 Å². The molecule has 0 aliphatic heterocycles. The number of carboxylic acids is 1. The molecular weight excluding hydrogens is 218 g/mol. The van der Waals surface area contributed by atoms with E-state index >= 15 is 0 Å². The number of para-hydroxylation sites is 1. The van der Waals surface area contributed by atoms with E-state index in [1.54, 1.807) is 24.3 Å². The molecule has 15 heavy (non-hydrogen) atoms. The molecule has 0 aliphatic carbocycles. The van der Waals surface area contributed by atoms with Crippen LogP contribution in [0.15, 0.2) is 30.3 Å². The van der Waals surface area contributed by atoms with Gasteiger partial charge in [-0.2, -0.15) is 0 Å². The van der Waals surface area contributed by atoms with Gasteiger partial charge >= 0.3 is 5.97 Å². The van der Waals surface area contributed by atoms with Gasteiger partial charge < -0.3 is 5.11 Å². The smallest absolute Gasteiger partial charge is 0.353 e. The van der Waals surface area contributed by atoms with Crippen molar-refractivity contribution in [2.75, 3.05) is 0 Å². The fourth-order valence-electron chi connectivity index (χ4n) is 1.47. The Hall–Kier alpha value is -1.82. The number of fused-ring (bicyclic) bond motifs is 1. The zero-order valence-corrected chi connectivity index (χ0v) is 8.35. The van der Waals surface area contributed by atoms with Crippen molar-refractivity contribution in [3.63, 3.8) is 0 Å². The number of carboxylic acid groups (broad SMARTS) is 1. The van der Waals surface area contributed by atoms with Gasteiger partial charge in [0.15, 0.2) is 0 Å². The summed E-state index contributed by atoms with van der Waals surface area (Å²) >= 11 is 0. The van der Waals surface area contributed by atoms with Crippen LogP contribution in [0, 0.1) is 0 Å². The van der Waals surface area contributed by atoms with E-state index in [4.69, 9.17) is 5.11 Å². The first-order valence-electron chi connectivity index (χ1n) is 4.09. The molecule has 0 atom stereocenters. The van der Waals surface area contributed by atoms with Gasteiger partial charge in [0, 0.05) is 5.39 Å². The lowest BCUT2D eigenvalue weighted by molar-refractivity contribution is 0.0690. The third kappa shape index (κ3) is 1.48. The summed E-state index contributed by atoms with van der Waals surface area (Å²) in [5.41, 5.74) is 0.137. The van der Waals surface area contributed by atoms with E-state index in [2.05, 4.69) is 0 Å². The maximum absolute atomic E-state index is 10.9. The maximum atomic E-state index is 10.9. The van der Waals surface area contributed by atoms with Crippen LogP contribution < -0.4 is 0 Å². The molecule has 0 saturated heterocycles. The van der Waals surface area contributed by atoms with E-state index in [-0.39, 0.29) is 5.69 Å². The summed E-state index contributed by atoms with van der Waals surface area (Å²) in [7, 11) is -2.98. The van der Waals surface area contributed by atoms with Crippen molar-refractivity contribution in [2.24, 2.45) is 0 Å². The number of thiol groups is 1. The monoisotopic (exact) mass is 225 g/mol. The summed E-state index contributed by atoms with van der Waals surface area (Å²) in [5.74, 6) is -1.26. The standard InChI is InChI=1S/C9H7NO4S/c11-9(12)8-5-6-3-1-2-4-7(6)10(8)15(13)14/h1-5,15H,(H,11,12). The number of benzene rings is 1. The Balaban J connectivity index is 2.92. The summed E-state index contributed by atoms with van der Waals surface area (Å²) in [4.78, 5) is 10.8. The van der Waals surface area contributed by atoms with Crippen LogP contribution in [0.1, 0.15) is 10.5 Å². The van der Waals surface area contributed by atoms with Crippen molar-refractivity contribution in [1.29, 1.82) is 0 Å². The molecule has 0 fully saturated rings. The van der Waals surface area contributed by atoms with Crippen LogP contribution in [0.25, 0.3) is 10.9 Å². The number of hydrogen-bond acceptors (Lipinski definition) is 3.